The number of tetrazole rings is 1. The van der Waals surface area contributed by atoms with Gasteiger partial charge in [-0.15, -0.1) is 10.2 Å². The molecule has 0 aliphatic rings. The normalized spacial score (nSPS) is 11.3. The van der Waals surface area contributed by atoms with Crippen molar-refractivity contribution < 1.29 is 13.2 Å². The van der Waals surface area contributed by atoms with E-state index in [0.29, 0.717) is 6.54 Å². The highest BCUT2D eigenvalue weighted by atomic mass is 32.2. The zero-order valence-electron chi connectivity index (χ0n) is 8.60. The summed E-state index contributed by atoms with van der Waals surface area (Å²) in [6.45, 7) is 1.99. The standard InChI is InChI=1S/C6H12N6O3S/c1-2-8-16(14,15)4-3-7-6(13)5-9-11-12-10-5/h8H,2-4H2,1H3,(H,7,13)(H,9,10,11,12). The Morgan fingerprint density at radius 2 is 2.25 bits per heavy atom. The van der Waals surface area contributed by atoms with Gasteiger partial charge < -0.3 is 5.32 Å². The first-order chi connectivity index (χ1) is 7.55. The average molecular weight is 248 g/mol. The molecule has 1 heterocycles. The van der Waals surface area contributed by atoms with Gasteiger partial charge in [0.05, 0.1) is 5.75 Å². The molecular weight excluding hydrogens is 236 g/mol. The van der Waals surface area contributed by atoms with Crippen molar-refractivity contribution in [3.63, 3.8) is 0 Å². The van der Waals surface area contributed by atoms with Crippen LogP contribution in [0.4, 0.5) is 0 Å². The lowest BCUT2D eigenvalue weighted by Crippen LogP contribution is -2.34. The Balaban J connectivity index is 2.34. The molecule has 0 aliphatic heterocycles. The molecule has 1 aromatic heterocycles. The number of aromatic amines is 1. The molecule has 1 aromatic rings. The van der Waals surface area contributed by atoms with Gasteiger partial charge in [-0.05, 0) is 5.21 Å². The minimum absolute atomic E-state index is 0.0112. The van der Waals surface area contributed by atoms with Gasteiger partial charge in [-0.25, -0.2) is 13.1 Å². The number of carbonyl (C=O) groups is 1. The molecule has 0 radical (unpaired) electrons. The van der Waals surface area contributed by atoms with Gasteiger partial charge in [0.1, 0.15) is 0 Å². The Morgan fingerprint density at radius 1 is 1.50 bits per heavy atom. The molecule has 0 aromatic carbocycles. The zero-order chi connectivity index (χ0) is 12.0. The highest BCUT2D eigenvalue weighted by molar-refractivity contribution is 7.89. The van der Waals surface area contributed by atoms with Gasteiger partial charge in [-0.3, -0.25) is 4.79 Å². The molecule has 0 saturated heterocycles. The number of nitrogens with one attached hydrogen (secondary N) is 3. The minimum Gasteiger partial charge on any atom is -0.348 e. The van der Waals surface area contributed by atoms with E-state index in [1.165, 1.54) is 0 Å². The number of hydrogen-bond acceptors (Lipinski definition) is 6. The molecular formula is C6H12N6O3S. The van der Waals surface area contributed by atoms with Crippen LogP contribution in [-0.2, 0) is 10.0 Å². The monoisotopic (exact) mass is 248 g/mol. The van der Waals surface area contributed by atoms with Gasteiger partial charge in [0.15, 0.2) is 0 Å². The molecule has 1 amide bonds. The quantitative estimate of drug-likeness (QED) is 0.527. The summed E-state index contributed by atoms with van der Waals surface area (Å²) in [6, 6.07) is 0. The number of H-pyrrole nitrogens is 1. The summed E-state index contributed by atoms with van der Waals surface area (Å²) in [5, 5.41) is 14.6. The maximum absolute atomic E-state index is 11.2. The number of sulfonamides is 1. The van der Waals surface area contributed by atoms with Crippen molar-refractivity contribution >= 4 is 15.9 Å². The van der Waals surface area contributed by atoms with Crippen molar-refractivity contribution in [3.05, 3.63) is 5.82 Å². The van der Waals surface area contributed by atoms with E-state index >= 15 is 0 Å². The third-order valence-corrected chi connectivity index (χ3v) is 3.04. The molecule has 0 aliphatic carbocycles. The summed E-state index contributed by atoms with van der Waals surface area (Å²) in [5.74, 6) is -0.883. The van der Waals surface area contributed by atoms with Gasteiger partial charge in [0, 0.05) is 13.1 Å². The lowest BCUT2D eigenvalue weighted by Gasteiger charge is -2.04. The lowest BCUT2D eigenvalue weighted by molar-refractivity contribution is 0.0946. The van der Waals surface area contributed by atoms with Crippen LogP contribution in [0.3, 0.4) is 0 Å². The molecule has 3 N–H and O–H groups in total. The Kier molecular flexibility index (Phi) is 4.31. The molecule has 0 spiro atoms. The Hall–Kier alpha value is -1.55. The second-order valence-corrected chi connectivity index (χ2v) is 4.73. The molecule has 1 rings (SSSR count). The third-order valence-electron chi connectivity index (χ3n) is 1.57. The van der Waals surface area contributed by atoms with Gasteiger partial charge in [0.25, 0.3) is 11.7 Å². The van der Waals surface area contributed by atoms with Crippen LogP contribution in [0, 0.1) is 0 Å². The summed E-state index contributed by atoms with van der Waals surface area (Å²) >= 11 is 0. The van der Waals surface area contributed by atoms with Crippen LogP contribution in [0.15, 0.2) is 0 Å². The Morgan fingerprint density at radius 3 is 2.81 bits per heavy atom. The van der Waals surface area contributed by atoms with E-state index in [2.05, 4.69) is 30.7 Å². The molecule has 10 heteroatoms. The fraction of sp³-hybridized carbons (Fsp3) is 0.667. The molecule has 0 atom stereocenters. The molecule has 0 fully saturated rings. The second kappa shape index (κ2) is 5.51. The summed E-state index contributed by atoms with van der Waals surface area (Å²) in [6.07, 6.45) is 0. The Bertz CT molecular complexity index is 427. The van der Waals surface area contributed by atoms with Crippen LogP contribution in [0.5, 0.6) is 0 Å². The molecule has 0 bridgehead atoms. The van der Waals surface area contributed by atoms with E-state index in [-0.39, 0.29) is 18.1 Å². The topological polar surface area (TPSA) is 130 Å². The maximum atomic E-state index is 11.2. The van der Waals surface area contributed by atoms with Gasteiger partial charge in [-0.2, -0.15) is 5.21 Å². The molecule has 90 valence electrons. The fourth-order valence-electron chi connectivity index (χ4n) is 0.928. The summed E-state index contributed by atoms with van der Waals surface area (Å²) in [4.78, 5) is 11.2. The van der Waals surface area contributed by atoms with Gasteiger partial charge >= 0.3 is 0 Å². The van der Waals surface area contributed by atoms with Gasteiger partial charge in [0.2, 0.25) is 10.0 Å². The second-order valence-electron chi connectivity index (χ2n) is 2.81. The van der Waals surface area contributed by atoms with Crippen molar-refractivity contribution in [3.8, 4) is 0 Å². The summed E-state index contributed by atoms with van der Waals surface area (Å²) in [5.41, 5.74) is 0. The zero-order valence-corrected chi connectivity index (χ0v) is 9.41. The Labute approximate surface area is 92.1 Å². The van der Waals surface area contributed by atoms with Crippen LogP contribution in [0.2, 0.25) is 0 Å². The van der Waals surface area contributed by atoms with E-state index in [4.69, 9.17) is 0 Å². The highest BCUT2D eigenvalue weighted by Gasteiger charge is 2.12. The predicted octanol–water partition coefficient (Wildman–Crippen LogP) is -2.13. The van der Waals surface area contributed by atoms with E-state index in [9.17, 15) is 13.2 Å². The predicted molar refractivity (Wildman–Crippen MR) is 54.0 cm³/mol. The minimum atomic E-state index is -3.33. The smallest absolute Gasteiger partial charge is 0.292 e. The number of nitrogens with zero attached hydrogens (tertiary/aromatic N) is 3. The largest absolute Gasteiger partial charge is 0.348 e. The highest BCUT2D eigenvalue weighted by Crippen LogP contribution is 1.85. The third kappa shape index (κ3) is 3.90. The average Bonchev–Trinajstić information content (AvgIpc) is 2.69. The van der Waals surface area contributed by atoms with Crippen molar-refractivity contribution in [1.82, 2.24) is 30.7 Å². The summed E-state index contributed by atoms with van der Waals surface area (Å²) in [7, 11) is -3.33. The van der Waals surface area contributed by atoms with Crippen molar-refractivity contribution in [2.45, 2.75) is 6.92 Å². The molecule has 0 saturated carbocycles. The number of amides is 1. The van der Waals surface area contributed by atoms with Crippen molar-refractivity contribution in [2.24, 2.45) is 0 Å². The van der Waals surface area contributed by atoms with E-state index in [1.54, 1.807) is 6.92 Å². The number of aromatic nitrogens is 4. The van der Waals surface area contributed by atoms with Crippen LogP contribution in [0.25, 0.3) is 0 Å². The van der Waals surface area contributed by atoms with Crippen LogP contribution in [0.1, 0.15) is 17.5 Å². The van der Waals surface area contributed by atoms with Crippen LogP contribution >= 0.6 is 0 Å². The lowest BCUT2D eigenvalue weighted by atomic mass is 10.5. The van der Waals surface area contributed by atoms with Gasteiger partial charge in [-0.1, -0.05) is 6.92 Å². The number of rotatable bonds is 6. The number of carbonyl (C=O) groups excluding carboxylic acids is 1. The van der Waals surface area contributed by atoms with Crippen molar-refractivity contribution in [1.29, 1.82) is 0 Å². The molecule has 9 nitrogen and oxygen atoms in total. The maximum Gasteiger partial charge on any atom is 0.292 e. The van der Waals surface area contributed by atoms with Crippen molar-refractivity contribution in [2.75, 3.05) is 18.8 Å². The number of hydrogen-bond donors (Lipinski definition) is 3. The summed E-state index contributed by atoms with van der Waals surface area (Å²) < 4.78 is 24.7. The van der Waals surface area contributed by atoms with E-state index in [1.807, 2.05) is 0 Å². The van der Waals surface area contributed by atoms with E-state index in [0.717, 1.165) is 0 Å². The molecule has 16 heavy (non-hydrogen) atoms. The van der Waals surface area contributed by atoms with Crippen LogP contribution < -0.4 is 10.0 Å². The first-order valence-corrected chi connectivity index (χ1v) is 6.19. The first-order valence-electron chi connectivity index (χ1n) is 4.54. The molecule has 0 unspecified atom stereocenters. The van der Waals surface area contributed by atoms with Crippen LogP contribution in [-0.4, -0.2) is 53.8 Å². The first kappa shape index (κ1) is 12.5. The fourth-order valence-corrected chi connectivity index (χ4v) is 1.88. The van der Waals surface area contributed by atoms with E-state index < -0.39 is 15.9 Å². The SMILES string of the molecule is CCNS(=O)(=O)CCNC(=O)c1nn[nH]n1.